The highest BCUT2D eigenvalue weighted by Gasteiger charge is 2.25. The summed E-state index contributed by atoms with van der Waals surface area (Å²) in [5.74, 6) is 2.28. The highest BCUT2D eigenvalue weighted by molar-refractivity contribution is 7.08. The zero-order chi connectivity index (χ0) is 20.9. The summed E-state index contributed by atoms with van der Waals surface area (Å²) in [5, 5.41) is 21.2. The minimum atomic E-state index is -0.957. The smallest absolute Gasteiger partial charge is 0.191 e. The van der Waals surface area contributed by atoms with Crippen LogP contribution in [-0.2, 0) is 11.0 Å². The molecule has 0 spiro atoms. The van der Waals surface area contributed by atoms with Crippen molar-refractivity contribution in [3.63, 3.8) is 0 Å². The van der Waals surface area contributed by atoms with Gasteiger partial charge in [-0.25, -0.2) is 0 Å². The molecular weight excluding hydrogens is 386 g/mol. The van der Waals surface area contributed by atoms with E-state index in [1.165, 1.54) is 0 Å². The fourth-order valence-electron chi connectivity index (χ4n) is 3.10. The van der Waals surface area contributed by atoms with Crippen molar-refractivity contribution in [3.8, 4) is 11.5 Å². The van der Waals surface area contributed by atoms with Gasteiger partial charge in [-0.2, -0.15) is 11.3 Å². The van der Waals surface area contributed by atoms with Gasteiger partial charge in [0.2, 0.25) is 0 Å². The van der Waals surface area contributed by atoms with Crippen molar-refractivity contribution in [2.24, 2.45) is 4.99 Å². The number of aliphatic imine (C=N–C) groups is 1. The molecule has 29 heavy (non-hydrogen) atoms. The minimum absolute atomic E-state index is 0.186. The van der Waals surface area contributed by atoms with Crippen molar-refractivity contribution in [2.45, 2.75) is 38.7 Å². The molecule has 1 unspecified atom stereocenters. The Kier molecular flexibility index (Phi) is 6.70. The van der Waals surface area contributed by atoms with Crippen LogP contribution in [0.1, 0.15) is 38.8 Å². The number of aliphatic hydroxyl groups is 1. The molecule has 2 aromatic rings. The zero-order valence-corrected chi connectivity index (χ0v) is 18.4. The fourth-order valence-corrected chi connectivity index (χ4v) is 3.89. The maximum atomic E-state index is 10.7. The minimum Gasteiger partial charge on any atom is -0.486 e. The first-order valence-corrected chi connectivity index (χ1v) is 10.9. The van der Waals surface area contributed by atoms with Gasteiger partial charge in [0.15, 0.2) is 17.5 Å². The lowest BCUT2D eigenvalue weighted by Crippen LogP contribution is -2.45. The van der Waals surface area contributed by atoms with E-state index in [1.54, 1.807) is 11.3 Å². The van der Waals surface area contributed by atoms with Crippen LogP contribution in [0.25, 0.3) is 0 Å². The highest BCUT2D eigenvalue weighted by Crippen LogP contribution is 2.35. The van der Waals surface area contributed by atoms with Gasteiger partial charge in [-0.15, -0.1) is 0 Å². The molecule has 0 fully saturated rings. The summed E-state index contributed by atoms with van der Waals surface area (Å²) in [7, 11) is 0. The number of guanidine groups is 1. The van der Waals surface area contributed by atoms with Crippen LogP contribution < -0.4 is 20.1 Å². The van der Waals surface area contributed by atoms with Crippen LogP contribution >= 0.6 is 11.3 Å². The molecule has 3 N–H and O–H groups in total. The van der Waals surface area contributed by atoms with Crippen molar-refractivity contribution < 1.29 is 14.6 Å². The molecule has 0 radical (unpaired) electrons. The van der Waals surface area contributed by atoms with Crippen LogP contribution in [-0.4, -0.2) is 43.9 Å². The van der Waals surface area contributed by atoms with E-state index in [1.807, 2.05) is 42.8 Å². The number of hydrogen-bond acceptors (Lipinski definition) is 5. The zero-order valence-electron chi connectivity index (χ0n) is 17.6. The number of nitrogens with one attached hydrogen (secondary N) is 2. The van der Waals surface area contributed by atoms with Gasteiger partial charge in [0.25, 0.3) is 0 Å². The van der Waals surface area contributed by atoms with E-state index in [0.29, 0.717) is 32.3 Å². The largest absolute Gasteiger partial charge is 0.486 e. The molecule has 3 rings (SSSR count). The third-order valence-corrected chi connectivity index (χ3v) is 5.73. The number of fused-ring (bicyclic) bond motifs is 1. The number of thiophene rings is 1. The van der Waals surface area contributed by atoms with Crippen molar-refractivity contribution in [2.75, 3.05) is 32.8 Å². The van der Waals surface area contributed by atoms with Crippen molar-refractivity contribution in [1.29, 1.82) is 0 Å². The second kappa shape index (κ2) is 9.05. The van der Waals surface area contributed by atoms with E-state index < -0.39 is 5.60 Å². The lowest BCUT2D eigenvalue weighted by Gasteiger charge is -2.27. The number of hydrogen-bond donors (Lipinski definition) is 3. The van der Waals surface area contributed by atoms with Crippen LogP contribution in [0.4, 0.5) is 0 Å². The Bertz CT molecular complexity index is 832. The van der Waals surface area contributed by atoms with E-state index in [4.69, 9.17) is 14.5 Å². The molecule has 0 saturated carbocycles. The molecule has 7 heteroatoms. The standard InChI is InChI=1S/C22H31N3O3S/c1-5-23-20(25-15-22(4,26)17-8-11-29-13-17)24-14-21(2,3)16-6-7-18-19(12-16)28-10-9-27-18/h6-8,11-13,26H,5,9-10,14-15H2,1-4H3,(H2,23,24,25). The molecule has 0 amide bonds. The summed E-state index contributed by atoms with van der Waals surface area (Å²) in [4.78, 5) is 4.77. The lowest BCUT2D eigenvalue weighted by molar-refractivity contribution is 0.0621. The van der Waals surface area contributed by atoms with Crippen molar-refractivity contribution in [3.05, 3.63) is 46.2 Å². The van der Waals surface area contributed by atoms with Crippen molar-refractivity contribution >= 4 is 17.3 Å². The van der Waals surface area contributed by atoms with Gasteiger partial charge in [-0.3, -0.25) is 4.99 Å². The molecule has 0 bridgehead atoms. The predicted molar refractivity (Wildman–Crippen MR) is 118 cm³/mol. The average molecular weight is 418 g/mol. The number of nitrogens with zero attached hydrogens (tertiary/aromatic N) is 1. The Balaban J connectivity index is 1.68. The molecule has 6 nitrogen and oxygen atoms in total. The summed E-state index contributed by atoms with van der Waals surface area (Å²) in [6.07, 6.45) is 0. The van der Waals surface area contributed by atoms with Crippen LogP contribution in [0.5, 0.6) is 11.5 Å². The molecule has 1 aromatic heterocycles. The second-order valence-electron chi connectivity index (χ2n) is 8.08. The Morgan fingerprint density at radius 3 is 2.55 bits per heavy atom. The Labute approximate surface area is 177 Å². The van der Waals surface area contributed by atoms with Crippen LogP contribution in [0.15, 0.2) is 40.0 Å². The van der Waals surface area contributed by atoms with Crippen molar-refractivity contribution in [1.82, 2.24) is 10.6 Å². The first-order valence-electron chi connectivity index (χ1n) is 9.99. The maximum absolute atomic E-state index is 10.7. The monoisotopic (exact) mass is 417 g/mol. The molecule has 0 aliphatic carbocycles. The van der Waals surface area contributed by atoms with Crippen LogP contribution in [0, 0.1) is 0 Å². The second-order valence-corrected chi connectivity index (χ2v) is 8.86. The topological polar surface area (TPSA) is 75.1 Å². The SMILES string of the molecule is CCNC(=NCC(C)(C)c1ccc2c(c1)OCCO2)NCC(C)(O)c1ccsc1. The summed E-state index contributed by atoms with van der Waals surface area (Å²) >= 11 is 1.58. The maximum Gasteiger partial charge on any atom is 0.191 e. The first-order chi connectivity index (χ1) is 13.8. The Morgan fingerprint density at radius 2 is 1.86 bits per heavy atom. The summed E-state index contributed by atoms with van der Waals surface area (Å²) < 4.78 is 11.3. The van der Waals surface area contributed by atoms with Gasteiger partial charge in [0.05, 0.1) is 13.1 Å². The molecule has 1 aliphatic rings. The van der Waals surface area contributed by atoms with E-state index in [-0.39, 0.29) is 5.41 Å². The van der Waals surface area contributed by atoms with Gasteiger partial charge in [-0.05, 0) is 53.9 Å². The number of benzene rings is 1. The molecule has 158 valence electrons. The van der Waals surface area contributed by atoms with Crippen LogP contribution in [0.3, 0.4) is 0 Å². The van der Waals surface area contributed by atoms with Gasteiger partial charge < -0.3 is 25.2 Å². The highest BCUT2D eigenvalue weighted by atomic mass is 32.1. The normalized spacial score (nSPS) is 16.2. The summed E-state index contributed by atoms with van der Waals surface area (Å²) in [6.45, 7) is 11.0. The van der Waals surface area contributed by atoms with E-state index in [0.717, 1.165) is 29.2 Å². The molecule has 0 saturated heterocycles. The third kappa shape index (κ3) is 5.42. The number of ether oxygens (including phenoxy) is 2. The molecule has 1 atom stereocenters. The molecular formula is C22H31N3O3S. The van der Waals surface area contributed by atoms with E-state index in [2.05, 4.69) is 30.5 Å². The molecule has 1 aliphatic heterocycles. The quantitative estimate of drug-likeness (QED) is 0.476. The van der Waals surface area contributed by atoms with Gasteiger partial charge in [-0.1, -0.05) is 19.9 Å². The van der Waals surface area contributed by atoms with Crippen LogP contribution in [0.2, 0.25) is 0 Å². The van der Waals surface area contributed by atoms with E-state index in [9.17, 15) is 5.11 Å². The Morgan fingerprint density at radius 1 is 1.10 bits per heavy atom. The molecule has 1 aromatic carbocycles. The Hall–Kier alpha value is -2.25. The van der Waals surface area contributed by atoms with Gasteiger partial charge >= 0.3 is 0 Å². The first kappa shape index (κ1) is 21.5. The lowest BCUT2D eigenvalue weighted by atomic mass is 9.84. The summed E-state index contributed by atoms with van der Waals surface area (Å²) in [6, 6.07) is 8.04. The van der Waals surface area contributed by atoms with Gasteiger partial charge in [0, 0.05) is 12.0 Å². The fraction of sp³-hybridized carbons (Fsp3) is 0.500. The van der Waals surface area contributed by atoms with E-state index >= 15 is 0 Å². The van der Waals surface area contributed by atoms with Gasteiger partial charge in [0.1, 0.15) is 18.8 Å². The summed E-state index contributed by atoms with van der Waals surface area (Å²) in [5.41, 5.74) is 0.907. The molecule has 2 heterocycles. The number of rotatable bonds is 7. The average Bonchev–Trinajstić information content (AvgIpc) is 3.26. The third-order valence-electron chi connectivity index (χ3n) is 5.04. The predicted octanol–water partition coefficient (Wildman–Crippen LogP) is 3.26.